The minimum Gasteiger partial charge on any atom is -0.497 e. The number of carbonyl (C=O) groups excluding carboxylic acids is 1. The third-order valence-electron chi connectivity index (χ3n) is 2.68. The highest BCUT2D eigenvalue weighted by molar-refractivity contribution is 5.92. The Morgan fingerprint density at radius 3 is 2.18 bits per heavy atom. The van der Waals surface area contributed by atoms with Crippen LogP contribution in [0.2, 0.25) is 0 Å². The van der Waals surface area contributed by atoms with Gasteiger partial charge in [0.05, 0.1) is 14.2 Å². The summed E-state index contributed by atoms with van der Waals surface area (Å²) >= 11 is 0. The Morgan fingerprint density at radius 1 is 1.24 bits per heavy atom. The van der Waals surface area contributed by atoms with Gasteiger partial charge in [0.25, 0.3) is 0 Å². The van der Waals surface area contributed by atoms with Crippen molar-refractivity contribution in [2.75, 3.05) is 19.5 Å². The lowest BCUT2D eigenvalue weighted by atomic mass is 10.1. The van der Waals surface area contributed by atoms with Gasteiger partial charge in [-0.15, -0.1) is 0 Å². The molecule has 0 saturated carbocycles. The summed E-state index contributed by atoms with van der Waals surface area (Å²) in [6, 6.07) is 5.30. The monoisotopic (exact) mass is 237 g/mol. The van der Waals surface area contributed by atoms with Gasteiger partial charge < -0.3 is 14.8 Å². The Bertz CT molecular complexity index is 368. The third kappa shape index (κ3) is 3.66. The molecule has 1 aromatic carbocycles. The van der Waals surface area contributed by atoms with Crippen LogP contribution in [-0.4, -0.2) is 20.1 Å². The van der Waals surface area contributed by atoms with Crippen LogP contribution in [0.5, 0.6) is 11.5 Å². The van der Waals surface area contributed by atoms with Crippen molar-refractivity contribution in [3.63, 3.8) is 0 Å². The molecule has 1 amide bonds. The van der Waals surface area contributed by atoms with Crippen molar-refractivity contribution >= 4 is 11.6 Å². The fraction of sp³-hybridized carbons (Fsp3) is 0.462. The van der Waals surface area contributed by atoms with E-state index < -0.39 is 0 Å². The van der Waals surface area contributed by atoms with Crippen molar-refractivity contribution in [2.45, 2.75) is 20.3 Å². The second-order valence-corrected chi connectivity index (χ2v) is 3.90. The van der Waals surface area contributed by atoms with Gasteiger partial charge >= 0.3 is 0 Å². The molecule has 0 fully saturated rings. The number of anilines is 1. The van der Waals surface area contributed by atoms with Crippen molar-refractivity contribution in [1.29, 1.82) is 0 Å². The van der Waals surface area contributed by atoms with Gasteiger partial charge in [0.2, 0.25) is 5.91 Å². The van der Waals surface area contributed by atoms with Gasteiger partial charge in [-0.2, -0.15) is 0 Å². The number of carbonyl (C=O) groups is 1. The standard InChI is InChI=1S/C13H19NO3/c1-5-9(2)13(15)14-10-6-11(16-3)8-12(7-10)17-4/h6-9H,5H2,1-4H3,(H,14,15). The Kier molecular flexibility index (Phi) is 4.82. The Hall–Kier alpha value is -1.71. The molecule has 1 atom stereocenters. The third-order valence-corrected chi connectivity index (χ3v) is 2.68. The van der Waals surface area contributed by atoms with Crippen LogP contribution in [0.1, 0.15) is 20.3 Å². The number of amides is 1. The van der Waals surface area contributed by atoms with E-state index in [9.17, 15) is 4.79 Å². The number of rotatable bonds is 5. The van der Waals surface area contributed by atoms with Crippen LogP contribution in [0.3, 0.4) is 0 Å². The van der Waals surface area contributed by atoms with E-state index in [4.69, 9.17) is 9.47 Å². The first-order valence-electron chi connectivity index (χ1n) is 5.64. The maximum absolute atomic E-state index is 11.7. The lowest BCUT2D eigenvalue weighted by Gasteiger charge is -2.12. The van der Waals surface area contributed by atoms with E-state index >= 15 is 0 Å². The number of benzene rings is 1. The van der Waals surface area contributed by atoms with Gasteiger partial charge in [-0.3, -0.25) is 4.79 Å². The molecule has 0 spiro atoms. The number of hydrogen-bond donors (Lipinski definition) is 1. The van der Waals surface area contributed by atoms with Gasteiger partial charge in [-0.25, -0.2) is 0 Å². The molecule has 94 valence electrons. The molecule has 4 heteroatoms. The van der Waals surface area contributed by atoms with Crippen LogP contribution in [0.15, 0.2) is 18.2 Å². The zero-order valence-corrected chi connectivity index (χ0v) is 10.7. The fourth-order valence-corrected chi connectivity index (χ4v) is 1.33. The molecule has 1 N–H and O–H groups in total. The van der Waals surface area contributed by atoms with Gasteiger partial charge in [0.15, 0.2) is 0 Å². The van der Waals surface area contributed by atoms with Crippen molar-refractivity contribution in [3.05, 3.63) is 18.2 Å². The molecule has 0 radical (unpaired) electrons. The Balaban J connectivity index is 2.86. The second-order valence-electron chi connectivity index (χ2n) is 3.90. The summed E-state index contributed by atoms with van der Waals surface area (Å²) in [4.78, 5) is 11.7. The highest BCUT2D eigenvalue weighted by Crippen LogP contribution is 2.26. The SMILES string of the molecule is CCC(C)C(=O)Nc1cc(OC)cc(OC)c1. The van der Waals surface area contributed by atoms with Gasteiger partial charge in [-0.05, 0) is 6.42 Å². The first kappa shape index (κ1) is 13.4. The van der Waals surface area contributed by atoms with Crippen LogP contribution >= 0.6 is 0 Å². The molecule has 1 rings (SSSR count). The second kappa shape index (κ2) is 6.13. The van der Waals surface area contributed by atoms with Crippen molar-refractivity contribution in [1.82, 2.24) is 0 Å². The molecule has 0 bridgehead atoms. The lowest BCUT2D eigenvalue weighted by molar-refractivity contribution is -0.119. The van der Waals surface area contributed by atoms with Crippen LogP contribution in [0.4, 0.5) is 5.69 Å². The zero-order valence-electron chi connectivity index (χ0n) is 10.7. The molecule has 0 aliphatic heterocycles. The van der Waals surface area contributed by atoms with Gasteiger partial charge in [-0.1, -0.05) is 13.8 Å². The smallest absolute Gasteiger partial charge is 0.227 e. The summed E-state index contributed by atoms with van der Waals surface area (Å²) in [6.07, 6.45) is 0.812. The topological polar surface area (TPSA) is 47.6 Å². The summed E-state index contributed by atoms with van der Waals surface area (Å²) in [5.41, 5.74) is 0.687. The molecular weight excluding hydrogens is 218 g/mol. The van der Waals surface area contributed by atoms with Crippen LogP contribution in [-0.2, 0) is 4.79 Å². The average Bonchev–Trinajstić information content (AvgIpc) is 2.36. The van der Waals surface area contributed by atoms with E-state index in [1.165, 1.54) is 0 Å². The zero-order chi connectivity index (χ0) is 12.8. The number of hydrogen-bond acceptors (Lipinski definition) is 3. The molecule has 1 unspecified atom stereocenters. The van der Waals surface area contributed by atoms with Crippen LogP contribution in [0.25, 0.3) is 0 Å². The Morgan fingerprint density at radius 2 is 1.76 bits per heavy atom. The van der Waals surface area contributed by atoms with E-state index in [-0.39, 0.29) is 11.8 Å². The number of methoxy groups -OCH3 is 2. The summed E-state index contributed by atoms with van der Waals surface area (Å²) in [6.45, 7) is 3.88. The van der Waals surface area contributed by atoms with Crippen LogP contribution in [0, 0.1) is 5.92 Å². The van der Waals surface area contributed by atoms with Crippen molar-refractivity contribution in [3.8, 4) is 11.5 Å². The number of ether oxygens (including phenoxy) is 2. The van der Waals surface area contributed by atoms with Crippen molar-refractivity contribution in [2.24, 2.45) is 5.92 Å². The number of nitrogens with one attached hydrogen (secondary N) is 1. The van der Waals surface area contributed by atoms with E-state index in [1.807, 2.05) is 13.8 Å². The van der Waals surface area contributed by atoms with Crippen LogP contribution < -0.4 is 14.8 Å². The molecule has 0 aliphatic carbocycles. The molecule has 0 heterocycles. The normalized spacial score (nSPS) is 11.8. The van der Waals surface area contributed by atoms with E-state index in [0.29, 0.717) is 17.2 Å². The predicted octanol–water partition coefficient (Wildman–Crippen LogP) is 2.69. The lowest BCUT2D eigenvalue weighted by Crippen LogP contribution is -2.19. The summed E-state index contributed by atoms with van der Waals surface area (Å²) < 4.78 is 10.3. The highest BCUT2D eigenvalue weighted by atomic mass is 16.5. The molecular formula is C13H19NO3. The minimum absolute atomic E-state index is 0.00260. The largest absolute Gasteiger partial charge is 0.497 e. The minimum atomic E-state index is -0.00723. The van der Waals surface area contributed by atoms with E-state index in [2.05, 4.69) is 5.32 Å². The molecule has 0 aliphatic rings. The molecule has 17 heavy (non-hydrogen) atoms. The summed E-state index contributed by atoms with van der Waals surface area (Å²) in [5, 5.41) is 2.84. The highest BCUT2D eigenvalue weighted by Gasteiger charge is 2.11. The van der Waals surface area contributed by atoms with Gasteiger partial charge in [0.1, 0.15) is 11.5 Å². The van der Waals surface area contributed by atoms with E-state index in [0.717, 1.165) is 6.42 Å². The van der Waals surface area contributed by atoms with Gasteiger partial charge in [0, 0.05) is 29.8 Å². The molecule has 0 saturated heterocycles. The first-order chi connectivity index (χ1) is 8.10. The first-order valence-corrected chi connectivity index (χ1v) is 5.64. The molecule has 1 aromatic rings. The quantitative estimate of drug-likeness (QED) is 0.856. The summed E-state index contributed by atoms with van der Waals surface area (Å²) in [7, 11) is 3.16. The molecule has 4 nitrogen and oxygen atoms in total. The fourth-order valence-electron chi connectivity index (χ4n) is 1.33. The van der Waals surface area contributed by atoms with Crippen molar-refractivity contribution < 1.29 is 14.3 Å². The van der Waals surface area contributed by atoms with E-state index in [1.54, 1.807) is 32.4 Å². The Labute approximate surface area is 102 Å². The predicted molar refractivity (Wildman–Crippen MR) is 67.6 cm³/mol. The maximum atomic E-state index is 11.7. The summed E-state index contributed by atoms with van der Waals surface area (Å²) in [5.74, 6) is 1.31. The molecule has 0 aromatic heterocycles. The maximum Gasteiger partial charge on any atom is 0.227 e. The average molecular weight is 237 g/mol.